The molecule has 0 saturated carbocycles. The summed E-state index contributed by atoms with van der Waals surface area (Å²) in [4.78, 5) is 4.25. The van der Waals surface area contributed by atoms with Crippen LogP contribution in [0, 0.1) is 0 Å². The molecular weight excluding hydrogens is 318 g/mol. The van der Waals surface area contributed by atoms with Gasteiger partial charge in [-0.1, -0.05) is 28.1 Å². The summed E-state index contributed by atoms with van der Waals surface area (Å²) >= 11 is 3.48. The zero-order chi connectivity index (χ0) is 13.7. The van der Waals surface area contributed by atoms with Crippen molar-refractivity contribution in [2.75, 3.05) is 25.1 Å². The second-order valence-corrected chi connectivity index (χ2v) is 4.74. The second kappa shape index (κ2) is 6.77. The average molecular weight is 331 g/mol. The highest BCUT2D eigenvalue weighted by Crippen LogP contribution is 2.27. The first-order valence-corrected chi connectivity index (χ1v) is 6.61. The molecule has 0 radical (unpaired) electrons. The van der Waals surface area contributed by atoms with Gasteiger partial charge in [-0.25, -0.2) is 13.8 Å². The standard InChI is InChI=1S/C13H13BrF2N2O/c14-11-3-1-2-10-9(11)4-5-17-13(10)18-6-7-19-8-12(15)16/h1-5,12H,6-8H2,(H,17,18). The number of rotatable bonds is 6. The highest BCUT2D eigenvalue weighted by atomic mass is 79.9. The summed E-state index contributed by atoms with van der Waals surface area (Å²) in [5.41, 5.74) is 0. The molecule has 2 aromatic rings. The van der Waals surface area contributed by atoms with Crippen LogP contribution in [0.15, 0.2) is 34.9 Å². The highest BCUT2D eigenvalue weighted by molar-refractivity contribution is 9.10. The van der Waals surface area contributed by atoms with Gasteiger partial charge in [0.25, 0.3) is 6.43 Å². The molecule has 1 aromatic heterocycles. The summed E-state index contributed by atoms with van der Waals surface area (Å²) in [5, 5.41) is 5.11. The average Bonchev–Trinajstić information content (AvgIpc) is 2.39. The zero-order valence-electron chi connectivity index (χ0n) is 10.1. The van der Waals surface area contributed by atoms with Gasteiger partial charge in [0.15, 0.2) is 0 Å². The fourth-order valence-electron chi connectivity index (χ4n) is 1.72. The van der Waals surface area contributed by atoms with Crippen LogP contribution in [0.5, 0.6) is 0 Å². The van der Waals surface area contributed by atoms with Crippen molar-refractivity contribution in [1.82, 2.24) is 4.98 Å². The monoisotopic (exact) mass is 330 g/mol. The van der Waals surface area contributed by atoms with Crippen molar-refractivity contribution in [1.29, 1.82) is 0 Å². The zero-order valence-corrected chi connectivity index (χ0v) is 11.7. The quantitative estimate of drug-likeness (QED) is 0.820. The van der Waals surface area contributed by atoms with Gasteiger partial charge >= 0.3 is 0 Å². The Balaban J connectivity index is 1.99. The molecule has 0 aliphatic heterocycles. The second-order valence-electron chi connectivity index (χ2n) is 3.89. The lowest BCUT2D eigenvalue weighted by Gasteiger charge is -2.09. The lowest BCUT2D eigenvalue weighted by Crippen LogP contribution is -2.13. The number of pyridine rings is 1. The molecule has 0 spiro atoms. The molecule has 1 N–H and O–H groups in total. The third-order valence-corrected chi connectivity index (χ3v) is 3.23. The number of hydrogen-bond acceptors (Lipinski definition) is 3. The molecule has 6 heteroatoms. The first kappa shape index (κ1) is 14.1. The van der Waals surface area contributed by atoms with Gasteiger partial charge in [-0.15, -0.1) is 0 Å². The Bertz CT molecular complexity index is 551. The number of ether oxygens (including phenoxy) is 1. The van der Waals surface area contributed by atoms with Crippen molar-refractivity contribution >= 4 is 32.5 Å². The maximum Gasteiger partial charge on any atom is 0.261 e. The van der Waals surface area contributed by atoms with Gasteiger partial charge in [-0.3, -0.25) is 0 Å². The normalized spacial score (nSPS) is 11.2. The number of alkyl halides is 2. The fourth-order valence-corrected chi connectivity index (χ4v) is 2.22. The predicted octanol–water partition coefficient (Wildman–Crippen LogP) is 3.69. The summed E-state index contributed by atoms with van der Waals surface area (Å²) < 4.78 is 29.5. The smallest absolute Gasteiger partial charge is 0.261 e. The number of benzene rings is 1. The van der Waals surface area contributed by atoms with Gasteiger partial charge in [0.1, 0.15) is 12.4 Å². The van der Waals surface area contributed by atoms with Gasteiger partial charge in [-0.05, 0) is 12.1 Å². The SMILES string of the molecule is FC(F)COCCNc1nccc2c(Br)cccc12. The van der Waals surface area contributed by atoms with E-state index >= 15 is 0 Å². The lowest BCUT2D eigenvalue weighted by atomic mass is 10.1. The molecule has 3 nitrogen and oxygen atoms in total. The van der Waals surface area contributed by atoms with Crippen molar-refractivity contribution in [2.24, 2.45) is 0 Å². The van der Waals surface area contributed by atoms with E-state index in [1.165, 1.54) is 0 Å². The molecule has 102 valence electrons. The Morgan fingerprint density at radius 2 is 2.11 bits per heavy atom. The van der Waals surface area contributed by atoms with Crippen LogP contribution in [-0.4, -0.2) is 31.2 Å². The third-order valence-electron chi connectivity index (χ3n) is 2.54. The van der Waals surface area contributed by atoms with Crippen molar-refractivity contribution < 1.29 is 13.5 Å². The number of nitrogens with zero attached hydrogens (tertiary/aromatic N) is 1. The van der Waals surface area contributed by atoms with Crippen LogP contribution in [0.2, 0.25) is 0 Å². The molecule has 1 aromatic carbocycles. The lowest BCUT2D eigenvalue weighted by molar-refractivity contribution is 0.0215. The van der Waals surface area contributed by atoms with Crippen molar-refractivity contribution in [3.8, 4) is 0 Å². The molecule has 0 saturated heterocycles. The molecule has 0 amide bonds. The van der Waals surface area contributed by atoms with E-state index in [9.17, 15) is 8.78 Å². The molecule has 0 fully saturated rings. The molecule has 2 rings (SSSR count). The number of hydrogen-bond donors (Lipinski definition) is 1. The summed E-state index contributed by atoms with van der Waals surface area (Å²) in [6.45, 7) is 0.123. The van der Waals surface area contributed by atoms with E-state index in [1.807, 2.05) is 24.3 Å². The van der Waals surface area contributed by atoms with Crippen LogP contribution in [0.25, 0.3) is 10.8 Å². The Morgan fingerprint density at radius 1 is 1.26 bits per heavy atom. The summed E-state index contributed by atoms with van der Waals surface area (Å²) in [5.74, 6) is 0.722. The summed E-state index contributed by atoms with van der Waals surface area (Å²) in [6.07, 6.45) is -0.721. The van der Waals surface area contributed by atoms with E-state index in [0.717, 1.165) is 21.1 Å². The van der Waals surface area contributed by atoms with Crippen LogP contribution in [-0.2, 0) is 4.74 Å². The van der Waals surface area contributed by atoms with Crippen LogP contribution in [0.1, 0.15) is 0 Å². The number of halogens is 3. The maximum absolute atomic E-state index is 11.9. The number of nitrogens with one attached hydrogen (secondary N) is 1. The van der Waals surface area contributed by atoms with E-state index in [1.54, 1.807) is 6.20 Å². The van der Waals surface area contributed by atoms with Gasteiger partial charge < -0.3 is 10.1 Å². The molecule has 0 bridgehead atoms. The first-order valence-electron chi connectivity index (χ1n) is 5.81. The fraction of sp³-hybridized carbons (Fsp3) is 0.308. The predicted molar refractivity (Wildman–Crippen MR) is 74.8 cm³/mol. The molecule has 0 aliphatic carbocycles. The highest BCUT2D eigenvalue weighted by Gasteiger charge is 2.05. The van der Waals surface area contributed by atoms with Crippen LogP contribution >= 0.6 is 15.9 Å². The molecule has 0 unspecified atom stereocenters. The van der Waals surface area contributed by atoms with E-state index < -0.39 is 13.0 Å². The van der Waals surface area contributed by atoms with Crippen LogP contribution < -0.4 is 5.32 Å². The summed E-state index contributed by atoms with van der Waals surface area (Å²) in [6, 6.07) is 7.75. The summed E-state index contributed by atoms with van der Waals surface area (Å²) in [7, 11) is 0. The number of anilines is 1. The molecular formula is C13H13BrF2N2O. The molecule has 0 atom stereocenters. The Morgan fingerprint density at radius 3 is 2.89 bits per heavy atom. The third kappa shape index (κ3) is 3.84. The van der Waals surface area contributed by atoms with E-state index in [2.05, 4.69) is 26.2 Å². The van der Waals surface area contributed by atoms with Crippen molar-refractivity contribution in [3.63, 3.8) is 0 Å². The Hall–Kier alpha value is -1.27. The molecule has 0 aliphatic rings. The Labute approximate surface area is 118 Å². The van der Waals surface area contributed by atoms with Gasteiger partial charge in [0.2, 0.25) is 0 Å². The topological polar surface area (TPSA) is 34.1 Å². The minimum absolute atomic E-state index is 0.219. The largest absolute Gasteiger partial charge is 0.374 e. The van der Waals surface area contributed by atoms with Crippen molar-refractivity contribution in [3.05, 3.63) is 34.9 Å². The van der Waals surface area contributed by atoms with E-state index in [0.29, 0.717) is 6.54 Å². The van der Waals surface area contributed by atoms with Crippen LogP contribution in [0.3, 0.4) is 0 Å². The van der Waals surface area contributed by atoms with E-state index in [4.69, 9.17) is 4.74 Å². The van der Waals surface area contributed by atoms with Gasteiger partial charge in [0.05, 0.1) is 6.61 Å². The number of fused-ring (bicyclic) bond motifs is 1. The maximum atomic E-state index is 11.9. The van der Waals surface area contributed by atoms with Gasteiger partial charge in [0, 0.05) is 28.0 Å². The van der Waals surface area contributed by atoms with Crippen LogP contribution in [0.4, 0.5) is 14.6 Å². The minimum atomic E-state index is -2.42. The number of aromatic nitrogens is 1. The van der Waals surface area contributed by atoms with Crippen molar-refractivity contribution in [2.45, 2.75) is 6.43 Å². The molecule has 19 heavy (non-hydrogen) atoms. The van der Waals surface area contributed by atoms with E-state index in [-0.39, 0.29) is 6.61 Å². The van der Waals surface area contributed by atoms with Gasteiger partial charge in [-0.2, -0.15) is 0 Å². The first-order chi connectivity index (χ1) is 9.18. The Kier molecular flexibility index (Phi) is 5.04. The minimum Gasteiger partial charge on any atom is -0.374 e. The molecule has 1 heterocycles.